The first-order chi connectivity index (χ1) is 14.0. The molecule has 1 aliphatic heterocycles. The normalized spacial score (nSPS) is 28.2. The molecule has 6 rings (SSSR count). The van der Waals surface area contributed by atoms with Gasteiger partial charge in [-0.05, 0) is 55.4 Å². The van der Waals surface area contributed by atoms with Crippen molar-refractivity contribution in [1.82, 2.24) is 5.01 Å². The topological polar surface area (TPSA) is 59.0 Å². The van der Waals surface area contributed by atoms with E-state index in [0.717, 1.165) is 34.2 Å². The summed E-state index contributed by atoms with van der Waals surface area (Å²) in [6.45, 7) is 3.94. The van der Waals surface area contributed by atoms with Crippen LogP contribution in [0.25, 0.3) is 10.8 Å². The smallest absolute Gasteiger partial charge is 0.254 e. The Labute approximate surface area is 170 Å². The molecule has 1 heterocycles. The Morgan fingerprint density at radius 1 is 1.00 bits per heavy atom. The maximum Gasteiger partial charge on any atom is 0.254 e. The number of hydrogen-bond donors (Lipinski definition) is 0. The summed E-state index contributed by atoms with van der Waals surface area (Å²) in [5.74, 6) is 0.201. The van der Waals surface area contributed by atoms with Gasteiger partial charge in [-0.15, -0.1) is 0 Å². The summed E-state index contributed by atoms with van der Waals surface area (Å²) in [4.78, 5) is 26.0. The lowest BCUT2D eigenvalue weighted by Gasteiger charge is -2.37. The molecule has 2 aromatic rings. The summed E-state index contributed by atoms with van der Waals surface area (Å²) in [7, 11) is 0. The molecule has 3 aliphatic carbocycles. The van der Waals surface area contributed by atoms with Gasteiger partial charge in [-0.25, -0.2) is 0 Å². The van der Waals surface area contributed by atoms with Crippen LogP contribution in [0.3, 0.4) is 0 Å². The molecule has 29 heavy (non-hydrogen) atoms. The second-order valence-electron chi connectivity index (χ2n) is 8.44. The van der Waals surface area contributed by atoms with E-state index in [-0.39, 0.29) is 41.6 Å². The molecule has 4 aliphatic rings. The number of hydrazone groups is 1. The molecule has 2 fully saturated rings. The Kier molecular flexibility index (Phi) is 4.26. The fraction of sp³-hybridized carbons (Fsp3) is 0.375. The molecule has 0 N–H and O–H groups in total. The Morgan fingerprint density at radius 2 is 1.66 bits per heavy atom. The predicted octanol–water partition coefficient (Wildman–Crippen LogP) is 4.16. The molecule has 0 spiro atoms. The summed E-state index contributed by atoms with van der Waals surface area (Å²) in [6.07, 6.45) is 7.81. The fourth-order valence-electron chi connectivity index (χ4n) is 5.05. The number of nitrogens with zero attached hydrogens (tertiary/aromatic N) is 2. The first-order valence-corrected chi connectivity index (χ1v) is 10.3. The van der Waals surface area contributed by atoms with Crippen LogP contribution in [0.1, 0.15) is 32.3 Å². The number of carbonyl (C=O) groups is 2. The Hall–Kier alpha value is -2.95. The third-order valence-corrected chi connectivity index (χ3v) is 6.33. The molecule has 0 unspecified atom stereocenters. The van der Waals surface area contributed by atoms with Crippen LogP contribution < -0.4 is 4.74 Å². The standard InChI is InChI=1S/C24H24N2O3/c1-14(2)29-20-12-11-15-5-3-4-6-18(15)19(20)13-25-26-23(27)21-16-7-8-17(10-9-16)22(21)24(26)28/h3-8,11-14,16-17,21-22H,9-10H2,1-2H3/b25-13-/t16-,17-,21-,22-/m0/s1. The lowest BCUT2D eigenvalue weighted by molar-refractivity contribution is -0.140. The van der Waals surface area contributed by atoms with E-state index in [9.17, 15) is 9.59 Å². The van der Waals surface area contributed by atoms with E-state index in [4.69, 9.17) is 4.74 Å². The number of amides is 2. The maximum atomic E-state index is 13.0. The third kappa shape index (κ3) is 2.87. The third-order valence-electron chi connectivity index (χ3n) is 6.33. The van der Waals surface area contributed by atoms with Gasteiger partial charge < -0.3 is 4.74 Å². The van der Waals surface area contributed by atoms with Gasteiger partial charge in [-0.1, -0.05) is 42.5 Å². The number of benzene rings is 2. The van der Waals surface area contributed by atoms with Gasteiger partial charge in [0.15, 0.2) is 0 Å². The van der Waals surface area contributed by atoms with E-state index >= 15 is 0 Å². The summed E-state index contributed by atoms with van der Waals surface area (Å²) in [6, 6.07) is 11.9. The van der Waals surface area contributed by atoms with Gasteiger partial charge in [0, 0.05) is 5.56 Å². The van der Waals surface area contributed by atoms with Crippen molar-refractivity contribution in [2.24, 2.45) is 28.8 Å². The van der Waals surface area contributed by atoms with Crippen molar-refractivity contribution in [3.05, 3.63) is 54.1 Å². The Bertz CT molecular complexity index is 1020. The van der Waals surface area contributed by atoms with Crippen LogP contribution in [-0.4, -0.2) is 29.1 Å². The van der Waals surface area contributed by atoms with Gasteiger partial charge in [0.05, 0.1) is 24.2 Å². The molecule has 2 bridgehead atoms. The van der Waals surface area contributed by atoms with Crippen molar-refractivity contribution in [2.45, 2.75) is 32.8 Å². The fourth-order valence-corrected chi connectivity index (χ4v) is 5.05. The van der Waals surface area contributed by atoms with Crippen LogP contribution in [0, 0.1) is 23.7 Å². The van der Waals surface area contributed by atoms with E-state index in [0.29, 0.717) is 5.75 Å². The zero-order chi connectivity index (χ0) is 20.1. The predicted molar refractivity (Wildman–Crippen MR) is 111 cm³/mol. The molecule has 5 heteroatoms. The minimum atomic E-state index is -0.248. The molecule has 1 saturated heterocycles. The van der Waals surface area contributed by atoms with E-state index < -0.39 is 0 Å². The minimum Gasteiger partial charge on any atom is -0.490 e. The van der Waals surface area contributed by atoms with Gasteiger partial charge in [0.1, 0.15) is 5.75 Å². The maximum absolute atomic E-state index is 13.0. The first kappa shape index (κ1) is 18.1. The van der Waals surface area contributed by atoms with Crippen molar-refractivity contribution < 1.29 is 14.3 Å². The molecule has 0 aromatic heterocycles. The molecule has 2 aromatic carbocycles. The van der Waals surface area contributed by atoms with E-state index in [1.54, 1.807) is 6.21 Å². The van der Waals surface area contributed by atoms with Gasteiger partial charge in [-0.3, -0.25) is 9.59 Å². The molecular weight excluding hydrogens is 364 g/mol. The molecular formula is C24H24N2O3. The number of hydrogen-bond acceptors (Lipinski definition) is 4. The molecule has 4 atom stereocenters. The summed E-state index contributed by atoms with van der Waals surface area (Å²) < 4.78 is 5.97. The SMILES string of the molecule is CC(C)Oc1ccc2ccccc2c1/C=N\N1C(=O)[C@@H]2[C@@H](C1=O)[C@H]1C=C[C@H]2CC1. The quantitative estimate of drug-likeness (QED) is 0.449. The van der Waals surface area contributed by atoms with Gasteiger partial charge >= 0.3 is 0 Å². The van der Waals surface area contributed by atoms with Crippen LogP contribution in [0.5, 0.6) is 5.75 Å². The van der Waals surface area contributed by atoms with Crippen LogP contribution in [0.4, 0.5) is 0 Å². The van der Waals surface area contributed by atoms with Crippen LogP contribution in [0.15, 0.2) is 53.7 Å². The van der Waals surface area contributed by atoms with Crippen LogP contribution >= 0.6 is 0 Å². The molecule has 5 nitrogen and oxygen atoms in total. The number of allylic oxidation sites excluding steroid dienone is 2. The Balaban J connectivity index is 1.53. The van der Waals surface area contributed by atoms with Crippen LogP contribution in [-0.2, 0) is 9.59 Å². The average Bonchev–Trinajstić information content (AvgIpc) is 3.00. The highest BCUT2D eigenvalue weighted by molar-refractivity contribution is 6.08. The number of carbonyl (C=O) groups excluding carboxylic acids is 2. The number of imide groups is 1. The van der Waals surface area contributed by atoms with E-state index in [1.165, 1.54) is 0 Å². The van der Waals surface area contributed by atoms with Gasteiger partial charge in [0.25, 0.3) is 11.8 Å². The van der Waals surface area contributed by atoms with Gasteiger partial charge in [0.2, 0.25) is 0 Å². The number of fused-ring (bicyclic) bond motifs is 2. The summed E-state index contributed by atoms with van der Waals surface area (Å²) >= 11 is 0. The second-order valence-corrected chi connectivity index (χ2v) is 8.44. The zero-order valence-electron chi connectivity index (χ0n) is 16.6. The monoisotopic (exact) mass is 388 g/mol. The van der Waals surface area contributed by atoms with Crippen molar-refractivity contribution >= 4 is 28.8 Å². The number of ether oxygens (including phenoxy) is 1. The highest BCUT2D eigenvalue weighted by Crippen LogP contribution is 2.49. The number of rotatable bonds is 4. The highest BCUT2D eigenvalue weighted by Gasteiger charge is 2.56. The average molecular weight is 388 g/mol. The lowest BCUT2D eigenvalue weighted by Crippen LogP contribution is -2.38. The molecule has 1 saturated carbocycles. The Morgan fingerprint density at radius 3 is 2.28 bits per heavy atom. The molecule has 148 valence electrons. The van der Waals surface area contributed by atoms with E-state index in [1.807, 2.05) is 50.2 Å². The zero-order valence-corrected chi connectivity index (χ0v) is 16.6. The van der Waals surface area contributed by atoms with Crippen LogP contribution in [0.2, 0.25) is 0 Å². The molecule has 0 radical (unpaired) electrons. The van der Waals surface area contributed by atoms with Gasteiger partial charge in [-0.2, -0.15) is 10.1 Å². The van der Waals surface area contributed by atoms with Crippen molar-refractivity contribution in [3.63, 3.8) is 0 Å². The molecule has 2 amide bonds. The minimum absolute atomic E-state index is 0.00271. The first-order valence-electron chi connectivity index (χ1n) is 10.3. The largest absolute Gasteiger partial charge is 0.490 e. The summed E-state index contributed by atoms with van der Waals surface area (Å²) in [5.41, 5.74) is 0.786. The second kappa shape index (κ2) is 6.83. The van der Waals surface area contributed by atoms with Crippen molar-refractivity contribution in [3.8, 4) is 5.75 Å². The summed E-state index contributed by atoms with van der Waals surface area (Å²) in [5, 5.41) is 7.54. The van der Waals surface area contributed by atoms with Crippen molar-refractivity contribution in [2.75, 3.05) is 0 Å². The van der Waals surface area contributed by atoms with Crippen molar-refractivity contribution in [1.29, 1.82) is 0 Å². The van der Waals surface area contributed by atoms with E-state index in [2.05, 4.69) is 17.3 Å². The highest BCUT2D eigenvalue weighted by atomic mass is 16.5. The lowest BCUT2D eigenvalue weighted by atomic mass is 9.63.